The number of benzene rings is 1. The van der Waals surface area contributed by atoms with Crippen molar-refractivity contribution in [2.45, 2.75) is 40.5 Å². The molecule has 24 heavy (non-hydrogen) atoms. The number of urea groups is 1. The first-order chi connectivity index (χ1) is 11.6. The van der Waals surface area contributed by atoms with E-state index in [4.69, 9.17) is 4.74 Å². The molecule has 0 saturated heterocycles. The monoisotopic (exact) mass is 335 g/mol. The maximum Gasteiger partial charge on any atom is 0.314 e. The second-order valence-corrected chi connectivity index (χ2v) is 5.99. The van der Waals surface area contributed by atoms with Crippen molar-refractivity contribution in [2.24, 2.45) is 0 Å². The van der Waals surface area contributed by atoms with Crippen molar-refractivity contribution in [3.05, 3.63) is 29.3 Å². The van der Waals surface area contributed by atoms with Gasteiger partial charge in [-0.1, -0.05) is 32.0 Å². The van der Waals surface area contributed by atoms with Crippen LogP contribution in [0.3, 0.4) is 0 Å². The zero-order valence-electron chi connectivity index (χ0n) is 15.7. The maximum atomic E-state index is 11.7. The molecule has 1 rings (SSSR count). The number of para-hydroxylation sites is 1. The first kappa shape index (κ1) is 20.3. The Labute approximate surface area is 146 Å². The first-order valence-electron chi connectivity index (χ1n) is 9.01. The number of amides is 2. The zero-order chi connectivity index (χ0) is 17.8. The normalized spacial score (nSPS) is 10.7. The summed E-state index contributed by atoms with van der Waals surface area (Å²) in [5.74, 6) is 0.957. The van der Waals surface area contributed by atoms with Crippen LogP contribution in [0.2, 0.25) is 0 Å². The van der Waals surface area contributed by atoms with Gasteiger partial charge >= 0.3 is 6.03 Å². The predicted octanol–water partition coefficient (Wildman–Crippen LogP) is 3.10. The fourth-order valence-electron chi connectivity index (χ4n) is 2.58. The molecule has 2 N–H and O–H groups in total. The van der Waals surface area contributed by atoms with Gasteiger partial charge in [0, 0.05) is 13.1 Å². The molecule has 0 unspecified atom stereocenters. The van der Waals surface area contributed by atoms with Crippen LogP contribution in [0.4, 0.5) is 4.79 Å². The lowest BCUT2D eigenvalue weighted by Gasteiger charge is -2.17. The summed E-state index contributed by atoms with van der Waals surface area (Å²) in [6.45, 7) is 13.5. The minimum Gasteiger partial charge on any atom is -0.493 e. The molecule has 1 aromatic carbocycles. The van der Waals surface area contributed by atoms with E-state index in [0.717, 1.165) is 49.4 Å². The molecule has 0 aromatic heterocycles. The van der Waals surface area contributed by atoms with Crippen LogP contribution in [0.15, 0.2) is 18.2 Å². The van der Waals surface area contributed by atoms with Crippen LogP contribution in [0, 0.1) is 13.8 Å². The molecule has 0 saturated carbocycles. The SMILES string of the molecule is CCN(CC)CCCNC(=O)NCCCOc1c(C)cccc1C. The standard InChI is InChI=1S/C19H33N3O2/c1-5-22(6-2)14-8-12-20-19(23)21-13-9-15-24-18-16(3)10-7-11-17(18)4/h7,10-11H,5-6,8-9,12-15H2,1-4H3,(H2,20,21,23). The third-order valence-electron chi connectivity index (χ3n) is 4.09. The molecule has 0 heterocycles. The van der Waals surface area contributed by atoms with Gasteiger partial charge in [0.15, 0.2) is 0 Å². The van der Waals surface area contributed by atoms with Crippen molar-refractivity contribution in [1.82, 2.24) is 15.5 Å². The number of nitrogens with one attached hydrogen (secondary N) is 2. The van der Waals surface area contributed by atoms with E-state index in [9.17, 15) is 4.79 Å². The van der Waals surface area contributed by atoms with Crippen molar-refractivity contribution in [1.29, 1.82) is 0 Å². The van der Waals surface area contributed by atoms with Gasteiger partial charge in [-0.05, 0) is 57.5 Å². The fraction of sp³-hybridized carbons (Fsp3) is 0.632. The molecule has 0 radical (unpaired) electrons. The summed E-state index contributed by atoms with van der Waals surface area (Å²) >= 11 is 0. The molecule has 1 aromatic rings. The van der Waals surface area contributed by atoms with Crippen molar-refractivity contribution < 1.29 is 9.53 Å². The van der Waals surface area contributed by atoms with E-state index in [-0.39, 0.29) is 6.03 Å². The lowest BCUT2D eigenvalue weighted by molar-refractivity contribution is 0.237. The van der Waals surface area contributed by atoms with Crippen LogP contribution in [0.25, 0.3) is 0 Å². The average molecular weight is 335 g/mol. The van der Waals surface area contributed by atoms with Crippen LogP contribution >= 0.6 is 0 Å². The average Bonchev–Trinajstić information content (AvgIpc) is 2.57. The first-order valence-corrected chi connectivity index (χ1v) is 9.01. The van der Waals surface area contributed by atoms with Gasteiger partial charge in [-0.25, -0.2) is 4.79 Å². The number of hydrogen-bond donors (Lipinski definition) is 2. The Morgan fingerprint density at radius 2 is 1.62 bits per heavy atom. The molecule has 0 spiro atoms. The second kappa shape index (κ2) is 11.7. The molecule has 0 aliphatic heterocycles. The number of aryl methyl sites for hydroxylation is 2. The van der Waals surface area contributed by atoms with Crippen molar-refractivity contribution in [2.75, 3.05) is 39.3 Å². The molecule has 5 heteroatoms. The summed E-state index contributed by atoms with van der Waals surface area (Å²) in [7, 11) is 0. The van der Waals surface area contributed by atoms with E-state index < -0.39 is 0 Å². The Bertz CT molecular complexity index is 467. The molecular formula is C19H33N3O2. The molecule has 136 valence electrons. The smallest absolute Gasteiger partial charge is 0.314 e. The van der Waals surface area contributed by atoms with E-state index in [1.807, 2.05) is 32.0 Å². The van der Waals surface area contributed by atoms with Crippen LogP contribution < -0.4 is 15.4 Å². The zero-order valence-corrected chi connectivity index (χ0v) is 15.7. The number of rotatable bonds is 11. The molecule has 0 bridgehead atoms. The Balaban J connectivity index is 2.07. The van der Waals surface area contributed by atoms with Gasteiger partial charge in [-0.2, -0.15) is 0 Å². The van der Waals surface area contributed by atoms with Gasteiger partial charge in [0.2, 0.25) is 0 Å². The van der Waals surface area contributed by atoms with E-state index >= 15 is 0 Å². The van der Waals surface area contributed by atoms with Crippen molar-refractivity contribution >= 4 is 6.03 Å². The highest BCUT2D eigenvalue weighted by Crippen LogP contribution is 2.22. The third kappa shape index (κ3) is 7.68. The minimum absolute atomic E-state index is 0.0957. The van der Waals surface area contributed by atoms with Gasteiger partial charge in [0.1, 0.15) is 5.75 Å². The number of nitrogens with zero attached hydrogens (tertiary/aromatic N) is 1. The Hall–Kier alpha value is -1.75. The summed E-state index contributed by atoms with van der Waals surface area (Å²) in [6, 6.07) is 6.03. The molecule has 0 fully saturated rings. The summed E-state index contributed by atoms with van der Waals surface area (Å²) in [6.07, 6.45) is 1.77. The van der Waals surface area contributed by atoms with Gasteiger partial charge in [0.25, 0.3) is 0 Å². The van der Waals surface area contributed by atoms with E-state index in [1.165, 1.54) is 0 Å². The van der Waals surface area contributed by atoms with Gasteiger partial charge in [-0.15, -0.1) is 0 Å². The second-order valence-electron chi connectivity index (χ2n) is 5.99. The quantitative estimate of drug-likeness (QED) is 0.611. The topological polar surface area (TPSA) is 53.6 Å². The molecule has 2 amide bonds. The lowest BCUT2D eigenvalue weighted by atomic mass is 10.1. The number of carbonyl (C=O) groups is 1. The largest absolute Gasteiger partial charge is 0.493 e. The van der Waals surface area contributed by atoms with Crippen molar-refractivity contribution in [3.8, 4) is 5.75 Å². The molecule has 5 nitrogen and oxygen atoms in total. The van der Waals surface area contributed by atoms with Crippen LogP contribution in [0.1, 0.15) is 37.8 Å². The minimum atomic E-state index is -0.0957. The summed E-state index contributed by atoms with van der Waals surface area (Å²) in [5.41, 5.74) is 2.29. The van der Waals surface area contributed by atoms with Crippen LogP contribution in [0.5, 0.6) is 5.75 Å². The number of hydrogen-bond acceptors (Lipinski definition) is 3. The van der Waals surface area contributed by atoms with Crippen LogP contribution in [-0.2, 0) is 0 Å². The fourth-order valence-corrected chi connectivity index (χ4v) is 2.58. The summed E-state index contributed by atoms with van der Waals surface area (Å²) in [4.78, 5) is 14.0. The Morgan fingerprint density at radius 1 is 1.04 bits per heavy atom. The summed E-state index contributed by atoms with van der Waals surface area (Å²) < 4.78 is 5.82. The molecule has 0 aliphatic carbocycles. The van der Waals surface area contributed by atoms with E-state index in [2.05, 4.69) is 29.4 Å². The highest BCUT2D eigenvalue weighted by molar-refractivity contribution is 5.73. The van der Waals surface area contributed by atoms with E-state index in [1.54, 1.807) is 0 Å². The Kier molecular flexibility index (Phi) is 9.92. The Morgan fingerprint density at radius 3 is 2.21 bits per heavy atom. The molecular weight excluding hydrogens is 302 g/mol. The number of ether oxygens (including phenoxy) is 1. The van der Waals surface area contributed by atoms with E-state index in [0.29, 0.717) is 19.7 Å². The number of carbonyl (C=O) groups excluding carboxylic acids is 1. The highest BCUT2D eigenvalue weighted by atomic mass is 16.5. The van der Waals surface area contributed by atoms with Crippen LogP contribution in [-0.4, -0.2) is 50.3 Å². The third-order valence-corrected chi connectivity index (χ3v) is 4.09. The van der Waals surface area contributed by atoms with Crippen molar-refractivity contribution in [3.63, 3.8) is 0 Å². The highest BCUT2D eigenvalue weighted by Gasteiger charge is 2.04. The maximum absolute atomic E-state index is 11.7. The van der Waals surface area contributed by atoms with Gasteiger partial charge in [-0.3, -0.25) is 0 Å². The molecule has 0 atom stereocenters. The lowest BCUT2D eigenvalue weighted by Crippen LogP contribution is -2.38. The predicted molar refractivity (Wildman–Crippen MR) is 99.8 cm³/mol. The van der Waals surface area contributed by atoms with Gasteiger partial charge in [0.05, 0.1) is 6.61 Å². The summed E-state index contributed by atoms with van der Waals surface area (Å²) in [5, 5.41) is 5.77. The molecule has 0 aliphatic rings. The van der Waals surface area contributed by atoms with Gasteiger partial charge < -0.3 is 20.3 Å².